The SMILES string of the molecule is O=c1ccc(-c2cnc(OCC(F)(F)F)nc2)nn1CCc1ccccn1. The van der Waals surface area contributed by atoms with Crippen LogP contribution in [0.3, 0.4) is 0 Å². The van der Waals surface area contributed by atoms with Gasteiger partial charge >= 0.3 is 12.2 Å². The molecule has 140 valence electrons. The van der Waals surface area contributed by atoms with E-state index in [4.69, 9.17) is 0 Å². The first-order valence-corrected chi connectivity index (χ1v) is 7.91. The van der Waals surface area contributed by atoms with Gasteiger partial charge in [0.1, 0.15) is 0 Å². The number of hydrogen-bond acceptors (Lipinski definition) is 6. The van der Waals surface area contributed by atoms with Gasteiger partial charge in [-0.05, 0) is 18.2 Å². The average molecular weight is 377 g/mol. The van der Waals surface area contributed by atoms with E-state index in [1.54, 1.807) is 12.3 Å². The van der Waals surface area contributed by atoms with Gasteiger partial charge in [-0.15, -0.1) is 0 Å². The second-order valence-electron chi connectivity index (χ2n) is 5.51. The van der Waals surface area contributed by atoms with E-state index < -0.39 is 12.8 Å². The molecule has 0 saturated carbocycles. The molecule has 0 aliphatic heterocycles. The van der Waals surface area contributed by atoms with Gasteiger partial charge in [-0.2, -0.15) is 18.3 Å². The Morgan fingerprint density at radius 2 is 1.81 bits per heavy atom. The van der Waals surface area contributed by atoms with Crippen molar-refractivity contribution >= 4 is 0 Å². The highest BCUT2D eigenvalue weighted by Gasteiger charge is 2.28. The molecule has 0 aromatic carbocycles. The lowest BCUT2D eigenvalue weighted by atomic mass is 10.2. The summed E-state index contributed by atoms with van der Waals surface area (Å²) in [6.07, 6.45) is 0.301. The third-order valence-electron chi connectivity index (χ3n) is 3.46. The van der Waals surface area contributed by atoms with Crippen molar-refractivity contribution in [1.29, 1.82) is 0 Å². The zero-order chi connectivity index (χ0) is 19.3. The van der Waals surface area contributed by atoms with Crippen molar-refractivity contribution in [3.8, 4) is 17.3 Å². The topological polar surface area (TPSA) is 82.8 Å². The molecule has 27 heavy (non-hydrogen) atoms. The molecule has 3 aromatic rings. The largest absolute Gasteiger partial charge is 0.454 e. The smallest absolute Gasteiger partial charge is 0.422 e. The molecule has 0 fully saturated rings. The van der Waals surface area contributed by atoms with Crippen LogP contribution in [-0.2, 0) is 13.0 Å². The molecule has 0 saturated heterocycles. The first kappa shape index (κ1) is 18.5. The highest BCUT2D eigenvalue weighted by atomic mass is 19.4. The van der Waals surface area contributed by atoms with Crippen molar-refractivity contribution in [1.82, 2.24) is 24.7 Å². The van der Waals surface area contributed by atoms with E-state index in [1.165, 1.54) is 29.2 Å². The Morgan fingerprint density at radius 1 is 1.04 bits per heavy atom. The molecule has 3 aromatic heterocycles. The molecule has 0 radical (unpaired) electrons. The van der Waals surface area contributed by atoms with Gasteiger partial charge in [0.2, 0.25) is 0 Å². The fourth-order valence-corrected chi connectivity index (χ4v) is 2.20. The van der Waals surface area contributed by atoms with E-state index in [-0.39, 0.29) is 11.6 Å². The summed E-state index contributed by atoms with van der Waals surface area (Å²) in [7, 11) is 0. The van der Waals surface area contributed by atoms with Crippen molar-refractivity contribution in [2.24, 2.45) is 0 Å². The molecule has 0 atom stereocenters. The van der Waals surface area contributed by atoms with E-state index in [9.17, 15) is 18.0 Å². The van der Waals surface area contributed by atoms with Crippen LogP contribution in [0.25, 0.3) is 11.3 Å². The standard InChI is InChI=1S/C17H14F3N5O2/c18-17(19,20)11-27-16-22-9-12(10-23-16)14-4-5-15(26)25(24-14)8-6-13-3-1-2-7-21-13/h1-5,7,9-10H,6,8,11H2. The number of rotatable bonds is 6. The zero-order valence-corrected chi connectivity index (χ0v) is 13.9. The Kier molecular flexibility index (Phi) is 5.43. The van der Waals surface area contributed by atoms with Crippen LogP contribution in [0.5, 0.6) is 6.01 Å². The van der Waals surface area contributed by atoms with Gasteiger partial charge in [0.05, 0.1) is 12.2 Å². The number of alkyl halides is 3. The van der Waals surface area contributed by atoms with Crippen LogP contribution in [0.15, 0.2) is 53.7 Å². The molecule has 0 unspecified atom stereocenters. The van der Waals surface area contributed by atoms with Gasteiger partial charge in [-0.3, -0.25) is 9.78 Å². The predicted molar refractivity (Wildman–Crippen MR) is 89.0 cm³/mol. The zero-order valence-electron chi connectivity index (χ0n) is 13.9. The molecule has 0 amide bonds. The first-order valence-electron chi connectivity index (χ1n) is 7.91. The fourth-order valence-electron chi connectivity index (χ4n) is 2.20. The van der Waals surface area contributed by atoms with Crippen LogP contribution in [0, 0.1) is 0 Å². The number of aryl methyl sites for hydroxylation is 2. The van der Waals surface area contributed by atoms with Gasteiger partial charge in [-0.1, -0.05) is 6.07 Å². The van der Waals surface area contributed by atoms with E-state index >= 15 is 0 Å². The highest BCUT2D eigenvalue weighted by molar-refractivity contribution is 5.55. The Bertz CT molecular complexity index is 943. The Balaban J connectivity index is 1.72. The number of nitrogens with zero attached hydrogens (tertiary/aromatic N) is 5. The van der Waals surface area contributed by atoms with Crippen LogP contribution >= 0.6 is 0 Å². The molecule has 0 N–H and O–H groups in total. The lowest BCUT2D eigenvalue weighted by molar-refractivity contribution is -0.154. The van der Waals surface area contributed by atoms with E-state index in [0.29, 0.717) is 24.2 Å². The second kappa shape index (κ2) is 7.94. The minimum absolute atomic E-state index is 0.277. The van der Waals surface area contributed by atoms with Crippen molar-refractivity contribution in [3.63, 3.8) is 0 Å². The van der Waals surface area contributed by atoms with Crippen molar-refractivity contribution < 1.29 is 17.9 Å². The molecular weight excluding hydrogens is 363 g/mol. The lowest BCUT2D eigenvalue weighted by Crippen LogP contribution is -2.23. The molecule has 0 bridgehead atoms. The number of hydrogen-bond donors (Lipinski definition) is 0. The molecule has 0 spiro atoms. The maximum atomic E-state index is 12.1. The summed E-state index contributed by atoms with van der Waals surface area (Å²) in [6.45, 7) is -1.14. The normalized spacial score (nSPS) is 11.4. The molecular formula is C17H14F3N5O2. The van der Waals surface area contributed by atoms with Gasteiger partial charge < -0.3 is 4.74 Å². The highest BCUT2D eigenvalue weighted by Crippen LogP contribution is 2.18. The number of ether oxygens (including phenoxy) is 1. The quantitative estimate of drug-likeness (QED) is 0.655. The summed E-state index contributed by atoms with van der Waals surface area (Å²) in [5.41, 5.74) is 1.41. The predicted octanol–water partition coefficient (Wildman–Crippen LogP) is 2.28. The van der Waals surface area contributed by atoms with E-state index in [1.807, 2.05) is 12.1 Å². The summed E-state index contributed by atoms with van der Waals surface area (Å²) in [5, 5.41) is 4.25. The summed E-state index contributed by atoms with van der Waals surface area (Å²) in [6, 6.07) is 7.97. The average Bonchev–Trinajstić information content (AvgIpc) is 2.66. The number of pyridine rings is 1. The molecule has 0 aliphatic carbocycles. The Labute approximate surface area is 151 Å². The molecule has 3 rings (SSSR count). The van der Waals surface area contributed by atoms with Gasteiger partial charge in [0.15, 0.2) is 6.61 Å². The van der Waals surface area contributed by atoms with Gasteiger partial charge in [0.25, 0.3) is 5.56 Å². The molecule has 3 heterocycles. The Hall–Kier alpha value is -3.30. The molecule has 7 nitrogen and oxygen atoms in total. The van der Waals surface area contributed by atoms with Crippen LogP contribution in [0.1, 0.15) is 5.69 Å². The lowest BCUT2D eigenvalue weighted by Gasteiger charge is -2.08. The van der Waals surface area contributed by atoms with Crippen LogP contribution < -0.4 is 10.3 Å². The van der Waals surface area contributed by atoms with Gasteiger partial charge in [-0.25, -0.2) is 14.6 Å². The van der Waals surface area contributed by atoms with Crippen molar-refractivity contribution in [3.05, 3.63) is 65.0 Å². The van der Waals surface area contributed by atoms with Crippen LogP contribution in [0.2, 0.25) is 0 Å². The number of halogens is 3. The fraction of sp³-hybridized carbons (Fsp3) is 0.235. The monoisotopic (exact) mass is 377 g/mol. The minimum Gasteiger partial charge on any atom is -0.454 e. The van der Waals surface area contributed by atoms with Crippen molar-refractivity contribution in [2.45, 2.75) is 19.1 Å². The third kappa shape index (κ3) is 5.33. The van der Waals surface area contributed by atoms with E-state index in [2.05, 4.69) is 24.8 Å². The van der Waals surface area contributed by atoms with Crippen LogP contribution in [-0.4, -0.2) is 37.5 Å². The summed E-state index contributed by atoms with van der Waals surface area (Å²) in [4.78, 5) is 23.6. The van der Waals surface area contributed by atoms with E-state index in [0.717, 1.165) is 5.69 Å². The minimum atomic E-state index is -4.47. The van der Waals surface area contributed by atoms with Crippen LogP contribution in [0.4, 0.5) is 13.2 Å². The maximum absolute atomic E-state index is 12.1. The maximum Gasteiger partial charge on any atom is 0.422 e. The number of aromatic nitrogens is 5. The summed E-state index contributed by atoms with van der Waals surface area (Å²) >= 11 is 0. The first-order chi connectivity index (χ1) is 12.9. The third-order valence-corrected chi connectivity index (χ3v) is 3.46. The van der Waals surface area contributed by atoms with Gasteiger partial charge in [0, 0.05) is 42.3 Å². The molecule has 10 heteroatoms. The molecule has 0 aliphatic rings. The Morgan fingerprint density at radius 3 is 2.48 bits per heavy atom. The second-order valence-corrected chi connectivity index (χ2v) is 5.51. The summed E-state index contributed by atoms with van der Waals surface area (Å²) in [5.74, 6) is 0. The van der Waals surface area contributed by atoms with Crippen molar-refractivity contribution in [2.75, 3.05) is 6.61 Å². The summed E-state index contributed by atoms with van der Waals surface area (Å²) < 4.78 is 42.2.